The predicted molar refractivity (Wildman–Crippen MR) is 89.6 cm³/mol. The van der Waals surface area contributed by atoms with E-state index >= 15 is 0 Å². The van der Waals surface area contributed by atoms with Gasteiger partial charge in [-0.1, -0.05) is 67.4 Å². The van der Waals surface area contributed by atoms with E-state index in [0.29, 0.717) is 12.3 Å². The van der Waals surface area contributed by atoms with E-state index in [1.807, 2.05) is 0 Å². The molecule has 2 rings (SSSR count). The molecule has 1 N–H and O–H groups in total. The fourth-order valence-electron chi connectivity index (χ4n) is 2.88. The molecular weight excluding hydrogens is 256 g/mol. The van der Waals surface area contributed by atoms with Crippen LogP contribution in [0.4, 0.5) is 0 Å². The average molecular weight is 282 g/mol. The lowest BCUT2D eigenvalue weighted by Gasteiger charge is -2.13. The molecule has 112 valence electrons. The molecule has 1 heteroatoms. The van der Waals surface area contributed by atoms with E-state index < -0.39 is 6.10 Å². The van der Waals surface area contributed by atoms with Crippen molar-refractivity contribution in [1.82, 2.24) is 0 Å². The summed E-state index contributed by atoms with van der Waals surface area (Å²) in [5.74, 6) is 0.663. The van der Waals surface area contributed by atoms with Gasteiger partial charge in [0.1, 0.15) is 0 Å². The first-order valence-corrected chi connectivity index (χ1v) is 7.78. The summed E-state index contributed by atoms with van der Waals surface area (Å²) in [5.41, 5.74) is 6.05. The number of hydrogen-bond acceptors (Lipinski definition) is 1. The molecule has 0 bridgehead atoms. The van der Waals surface area contributed by atoms with Crippen molar-refractivity contribution in [1.29, 1.82) is 0 Å². The van der Waals surface area contributed by atoms with Crippen LogP contribution in [0, 0.1) is 19.8 Å². The summed E-state index contributed by atoms with van der Waals surface area (Å²) in [7, 11) is 0. The van der Waals surface area contributed by atoms with Gasteiger partial charge in [0.2, 0.25) is 0 Å². The summed E-state index contributed by atoms with van der Waals surface area (Å²) in [6.07, 6.45) is 1.33. The predicted octanol–water partition coefficient (Wildman–Crippen LogP) is 4.78. The van der Waals surface area contributed by atoms with Crippen molar-refractivity contribution in [2.24, 2.45) is 5.92 Å². The van der Waals surface area contributed by atoms with Gasteiger partial charge in [-0.3, -0.25) is 0 Å². The van der Waals surface area contributed by atoms with E-state index in [1.54, 1.807) is 0 Å². The Morgan fingerprint density at radius 1 is 0.810 bits per heavy atom. The van der Waals surface area contributed by atoms with Crippen LogP contribution in [0.3, 0.4) is 0 Å². The normalized spacial score (nSPS) is 12.7. The zero-order valence-electron chi connectivity index (χ0n) is 13.6. The van der Waals surface area contributed by atoms with Crippen LogP contribution in [-0.4, -0.2) is 5.11 Å². The van der Waals surface area contributed by atoms with Crippen LogP contribution < -0.4 is 0 Å². The lowest BCUT2D eigenvalue weighted by atomic mass is 9.96. The van der Waals surface area contributed by atoms with Gasteiger partial charge in [0.15, 0.2) is 0 Å². The van der Waals surface area contributed by atoms with Crippen molar-refractivity contribution < 1.29 is 5.11 Å². The smallest absolute Gasteiger partial charge is 0.0830 e. The number of hydrogen-bond donors (Lipinski definition) is 1. The van der Waals surface area contributed by atoms with Crippen molar-refractivity contribution in [2.75, 3.05) is 0 Å². The van der Waals surface area contributed by atoms with E-state index in [9.17, 15) is 5.11 Å². The van der Waals surface area contributed by atoms with Crippen LogP contribution in [0.1, 0.15) is 47.8 Å². The molecule has 2 aromatic carbocycles. The minimum atomic E-state index is -0.431. The second-order valence-electron chi connectivity index (χ2n) is 6.56. The topological polar surface area (TPSA) is 20.2 Å². The SMILES string of the molecule is Cc1cc(C)cc(CC(O)c2ccc(CC(C)C)cc2)c1. The minimum Gasteiger partial charge on any atom is -0.388 e. The van der Waals surface area contributed by atoms with Crippen LogP contribution in [0.25, 0.3) is 0 Å². The monoisotopic (exact) mass is 282 g/mol. The largest absolute Gasteiger partial charge is 0.388 e. The Morgan fingerprint density at radius 3 is 1.90 bits per heavy atom. The molecule has 0 aliphatic rings. The molecule has 0 heterocycles. The number of aliphatic hydroxyl groups excluding tert-OH is 1. The summed E-state index contributed by atoms with van der Waals surface area (Å²) in [6, 6.07) is 14.9. The molecule has 1 unspecified atom stereocenters. The van der Waals surface area contributed by atoms with Gasteiger partial charge < -0.3 is 5.11 Å². The second-order valence-corrected chi connectivity index (χ2v) is 6.56. The fourth-order valence-corrected chi connectivity index (χ4v) is 2.88. The molecule has 0 saturated carbocycles. The van der Waals surface area contributed by atoms with E-state index in [-0.39, 0.29) is 0 Å². The number of aliphatic hydroxyl groups is 1. The second kappa shape index (κ2) is 6.91. The first kappa shape index (κ1) is 15.8. The zero-order valence-corrected chi connectivity index (χ0v) is 13.6. The van der Waals surface area contributed by atoms with Gasteiger partial charge in [0.25, 0.3) is 0 Å². The van der Waals surface area contributed by atoms with Gasteiger partial charge in [0, 0.05) is 6.42 Å². The molecule has 0 spiro atoms. The van der Waals surface area contributed by atoms with Gasteiger partial charge in [-0.05, 0) is 42.9 Å². The summed E-state index contributed by atoms with van der Waals surface area (Å²) < 4.78 is 0. The number of rotatable bonds is 5. The quantitative estimate of drug-likeness (QED) is 0.837. The standard InChI is InChI=1S/C20H26O/c1-14(2)9-17-5-7-19(8-6-17)20(21)13-18-11-15(3)10-16(4)12-18/h5-8,10-12,14,20-21H,9,13H2,1-4H3. The highest BCUT2D eigenvalue weighted by Gasteiger charge is 2.09. The first-order valence-electron chi connectivity index (χ1n) is 7.78. The maximum absolute atomic E-state index is 10.4. The number of benzene rings is 2. The Balaban J connectivity index is 2.07. The Bertz CT molecular complexity index is 561. The first-order chi connectivity index (χ1) is 9.94. The van der Waals surface area contributed by atoms with Crippen LogP contribution in [-0.2, 0) is 12.8 Å². The van der Waals surface area contributed by atoms with Gasteiger partial charge in [-0.15, -0.1) is 0 Å². The van der Waals surface area contributed by atoms with E-state index in [2.05, 4.69) is 70.2 Å². The van der Waals surface area contributed by atoms with Crippen molar-refractivity contribution in [3.05, 3.63) is 70.3 Å². The maximum atomic E-state index is 10.4. The Kier molecular flexibility index (Phi) is 5.19. The molecule has 0 amide bonds. The molecule has 1 atom stereocenters. The summed E-state index contributed by atoms with van der Waals surface area (Å²) in [4.78, 5) is 0. The van der Waals surface area contributed by atoms with Crippen LogP contribution >= 0.6 is 0 Å². The van der Waals surface area contributed by atoms with Crippen LogP contribution in [0.15, 0.2) is 42.5 Å². The Hall–Kier alpha value is -1.60. The number of aryl methyl sites for hydroxylation is 2. The third kappa shape index (κ3) is 4.71. The van der Waals surface area contributed by atoms with Crippen molar-refractivity contribution in [3.63, 3.8) is 0 Å². The minimum absolute atomic E-state index is 0.431. The summed E-state index contributed by atoms with van der Waals surface area (Å²) in [5, 5.41) is 10.4. The Morgan fingerprint density at radius 2 is 1.38 bits per heavy atom. The lowest BCUT2D eigenvalue weighted by Crippen LogP contribution is -2.03. The van der Waals surface area contributed by atoms with Gasteiger partial charge in [-0.2, -0.15) is 0 Å². The fraction of sp³-hybridized carbons (Fsp3) is 0.400. The molecule has 0 aromatic heterocycles. The van der Waals surface area contributed by atoms with Gasteiger partial charge in [-0.25, -0.2) is 0 Å². The van der Waals surface area contributed by atoms with Gasteiger partial charge >= 0.3 is 0 Å². The van der Waals surface area contributed by atoms with E-state index in [0.717, 1.165) is 12.0 Å². The molecule has 0 saturated heterocycles. The zero-order chi connectivity index (χ0) is 15.4. The molecule has 1 nitrogen and oxygen atoms in total. The highest BCUT2D eigenvalue weighted by Crippen LogP contribution is 2.21. The van der Waals surface area contributed by atoms with Crippen molar-refractivity contribution >= 4 is 0 Å². The highest BCUT2D eigenvalue weighted by molar-refractivity contribution is 5.31. The molecule has 21 heavy (non-hydrogen) atoms. The molecule has 2 aromatic rings. The molecule has 0 aliphatic heterocycles. The molecular formula is C20H26O. The van der Waals surface area contributed by atoms with Crippen molar-refractivity contribution in [2.45, 2.75) is 46.6 Å². The maximum Gasteiger partial charge on any atom is 0.0830 e. The lowest BCUT2D eigenvalue weighted by molar-refractivity contribution is 0.178. The average Bonchev–Trinajstić information content (AvgIpc) is 2.37. The highest BCUT2D eigenvalue weighted by atomic mass is 16.3. The third-order valence-electron chi connectivity index (χ3n) is 3.72. The molecule has 0 fully saturated rings. The summed E-state index contributed by atoms with van der Waals surface area (Å²) >= 11 is 0. The third-order valence-corrected chi connectivity index (χ3v) is 3.72. The van der Waals surface area contributed by atoms with E-state index in [1.165, 1.54) is 22.3 Å². The molecule has 0 radical (unpaired) electrons. The van der Waals surface area contributed by atoms with Crippen molar-refractivity contribution in [3.8, 4) is 0 Å². The summed E-state index contributed by atoms with van der Waals surface area (Å²) in [6.45, 7) is 8.65. The molecule has 0 aliphatic carbocycles. The van der Waals surface area contributed by atoms with Crippen LogP contribution in [0.5, 0.6) is 0 Å². The Labute approximate surface area is 128 Å². The van der Waals surface area contributed by atoms with Crippen LogP contribution in [0.2, 0.25) is 0 Å². The van der Waals surface area contributed by atoms with E-state index in [4.69, 9.17) is 0 Å². The van der Waals surface area contributed by atoms with Gasteiger partial charge in [0.05, 0.1) is 6.10 Å².